The van der Waals surface area contributed by atoms with Crippen LogP contribution in [0.1, 0.15) is 31.6 Å². The molecule has 3 rings (SSSR count). The van der Waals surface area contributed by atoms with Gasteiger partial charge in [0.15, 0.2) is 6.29 Å². The van der Waals surface area contributed by atoms with Gasteiger partial charge in [-0.2, -0.15) is 0 Å². The molecular weight excluding hydrogens is 226 g/mol. The summed E-state index contributed by atoms with van der Waals surface area (Å²) < 4.78 is 37.9. The van der Waals surface area contributed by atoms with Gasteiger partial charge in [-0.25, -0.2) is 8.78 Å². The first-order valence-electron chi connectivity index (χ1n) is 5.75. The highest BCUT2D eigenvalue weighted by Gasteiger charge is 2.60. The van der Waals surface area contributed by atoms with Gasteiger partial charge in [-0.3, -0.25) is 0 Å². The highest BCUT2D eigenvalue weighted by atomic mass is 19.3. The van der Waals surface area contributed by atoms with Gasteiger partial charge in [0.1, 0.15) is 5.60 Å². The Bertz CT molecular complexity index is 421. The van der Waals surface area contributed by atoms with E-state index in [1.165, 1.54) is 0 Å². The lowest BCUT2D eigenvalue weighted by molar-refractivity contribution is -0.128. The van der Waals surface area contributed by atoms with Crippen LogP contribution in [0.3, 0.4) is 0 Å². The predicted octanol–water partition coefficient (Wildman–Crippen LogP) is 3.29. The van der Waals surface area contributed by atoms with Crippen LogP contribution in [-0.2, 0) is 9.47 Å². The maximum Gasteiger partial charge on any atom is 0.253 e. The Labute approximate surface area is 98.5 Å². The van der Waals surface area contributed by atoms with Crippen LogP contribution in [-0.4, -0.2) is 17.6 Å². The largest absolute Gasteiger partial charge is 0.342 e. The monoisotopic (exact) mass is 240 g/mol. The lowest BCUT2D eigenvalue weighted by Crippen LogP contribution is -2.30. The topological polar surface area (TPSA) is 18.5 Å². The summed E-state index contributed by atoms with van der Waals surface area (Å²) in [5.74, 6) is -2.67. The molecule has 4 heteroatoms. The van der Waals surface area contributed by atoms with Crippen molar-refractivity contribution in [1.82, 2.24) is 0 Å². The number of ether oxygens (including phenoxy) is 2. The molecule has 2 aliphatic rings. The van der Waals surface area contributed by atoms with Crippen molar-refractivity contribution in [2.75, 3.05) is 0 Å². The Kier molecular flexibility index (Phi) is 2.28. The minimum atomic E-state index is -2.67. The summed E-state index contributed by atoms with van der Waals surface area (Å²) in [5, 5.41) is 0. The predicted molar refractivity (Wildman–Crippen MR) is 57.7 cm³/mol. The quantitative estimate of drug-likeness (QED) is 0.750. The molecule has 2 nitrogen and oxygen atoms in total. The summed E-state index contributed by atoms with van der Waals surface area (Å²) in [6.07, 6.45) is -1.52. The van der Waals surface area contributed by atoms with E-state index < -0.39 is 23.9 Å². The molecule has 0 amide bonds. The van der Waals surface area contributed by atoms with Crippen molar-refractivity contribution in [1.29, 1.82) is 0 Å². The van der Waals surface area contributed by atoms with Gasteiger partial charge in [0.25, 0.3) is 5.92 Å². The van der Waals surface area contributed by atoms with Gasteiger partial charge in [0, 0.05) is 18.4 Å². The highest BCUT2D eigenvalue weighted by Crippen LogP contribution is 2.52. The number of halogens is 2. The molecule has 0 bridgehead atoms. The SMILES string of the molecule is CC12CC(F)(F)CC1OC(c1ccccc1)O2. The van der Waals surface area contributed by atoms with Crippen molar-refractivity contribution in [2.45, 2.75) is 43.7 Å². The molecular formula is C13H14F2O2. The molecule has 1 saturated heterocycles. The molecule has 17 heavy (non-hydrogen) atoms. The van der Waals surface area contributed by atoms with Crippen molar-refractivity contribution in [3.8, 4) is 0 Å². The van der Waals surface area contributed by atoms with Gasteiger partial charge in [-0.1, -0.05) is 30.3 Å². The van der Waals surface area contributed by atoms with Crippen molar-refractivity contribution < 1.29 is 18.3 Å². The molecule has 92 valence electrons. The Morgan fingerprint density at radius 1 is 1.24 bits per heavy atom. The number of rotatable bonds is 1. The summed E-state index contributed by atoms with van der Waals surface area (Å²) in [6, 6.07) is 9.43. The van der Waals surface area contributed by atoms with Crippen LogP contribution in [0.15, 0.2) is 30.3 Å². The van der Waals surface area contributed by atoms with E-state index in [0.717, 1.165) is 5.56 Å². The molecule has 1 heterocycles. The Balaban J connectivity index is 1.81. The Morgan fingerprint density at radius 2 is 1.94 bits per heavy atom. The molecule has 0 spiro atoms. The van der Waals surface area contributed by atoms with Gasteiger partial charge in [0.05, 0.1) is 6.10 Å². The van der Waals surface area contributed by atoms with Crippen molar-refractivity contribution in [3.05, 3.63) is 35.9 Å². The summed E-state index contributed by atoms with van der Waals surface area (Å²) >= 11 is 0. The number of hydrogen-bond acceptors (Lipinski definition) is 2. The third kappa shape index (κ3) is 1.85. The third-order valence-electron chi connectivity index (χ3n) is 3.51. The molecule has 1 saturated carbocycles. The molecule has 3 atom stereocenters. The fourth-order valence-corrected chi connectivity index (χ4v) is 2.67. The van der Waals surface area contributed by atoms with Crippen molar-refractivity contribution in [3.63, 3.8) is 0 Å². The minimum Gasteiger partial charge on any atom is -0.342 e. The summed E-state index contributed by atoms with van der Waals surface area (Å²) in [5.41, 5.74) is 0.0238. The van der Waals surface area contributed by atoms with E-state index in [-0.39, 0.29) is 12.8 Å². The molecule has 3 unspecified atom stereocenters. The standard InChI is InChI=1S/C13H14F2O2/c1-12-8-13(14,15)7-10(12)16-11(17-12)9-5-3-2-4-6-9/h2-6,10-11H,7-8H2,1H3. The zero-order valence-electron chi connectivity index (χ0n) is 9.53. The molecule has 1 aromatic rings. The summed E-state index contributed by atoms with van der Waals surface area (Å²) in [7, 11) is 0. The van der Waals surface area contributed by atoms with Crippen LogP contribution in [0.4, 0.5) is 8.78 Å². The van der Waals surface area contributed by atoms with Gasteiger partial charge < -0.3 is 9.47 Å². The zero-order chi connectivity index (χ0) is 12.1. The average Bonchev–Trinajstić information content (AvgIpc) is 2.66. The van der Waals surface area contributed by atoms with Crippen LogP contribution >= 0.6 is 0 Å². The molecule has 1 aromatic carbocycles. The molecule has 0 aromatic heterocycles. The summed E-state index contributed by atoms with van der Waals surface area (Å²) in [4.78, 5) is 0. The maximum atomic E-state index is 13.3. The minimum absolute atomic E-state index is 0.243. The second-order valence-electron chi connectivity index (χ2n) is 5.03. The van der Waals surface area contributed by atoms with E-state index >= 15 is 0 Å². The second kappa shape index (κ2) is 3.50. The lowest BCUT2D eigenvalue weighted by Gasteiger charge is -2.21. The fourth-order valence-electron chi connectivity index (χ4n) is 2.67. The van der Waals surface area contributed by atoms with Crippen molar-refractivity contribution >= 4 is 0 Å². The number of benzene rings is 1. The normalized spacial score (nSPS) is 39.2. The van der Waals surface area contributed by atoms with Gasteiger partial charge in [0.2, 0.25) is 0 Å². The van der Waals surface area contributed by atoms with Gasteiger partial charge >= 0.3 is 0 Å². The highest BCUT2D eigenvalue weighted by molar-refractivity contribution is 5.18. The van der Waals surface area contributed by atoms with Crippen LogP contribution in [0.2, 0.25) is 0 Å². The first-order chi connectivity index (χ1) is 7.99. The maximum absolute atomic E-state index is 13.3. The average molecular weight is 240 g/mol. The van der Waals surface area contributed by atoms with Crippen molar-refractivity contribution in [2.24, 2.45) is 0 Å². The number of alkyl halides is 2. The number of hydrogen-bond donors (Lipinski definition) is 0. The third-order valence-corrected chi connectivity index (χ3v) is 3.51. The second-order valence-corrected chi connectivity index (χ2v) is 5.03. The van der Waals surface area contributed by atoms with E-state index in [9.17, 15) is 8.78 Å². The molecule has 1 aliphatic heterocycles. The van der Waals surface area contributed by atoms with Gasteiger partial charge in [-0.05, 0) is 6.92 Å². The lowest BCUT2D eigenvalue weighted by atomic mass is 10.0. The zero-order valence-corrected chi connectivity index (χ0v) is 9.53. The smallest absolute Gasteiger partial charge is 0.253 e. The summed E-state index contributed by atoms with van der Waals surface area (Å²) in [6.45, 7) is 1.71. The Hall–Kier alpha value is -1.00. The van der Waals surface area contributed by atoms with Crippen LogP contribution in [0.5, 0.6) is 0 Å². The fraction of sp³-hybridized carbons (Fsp3) is 0.538. The van der Waals surface area contributed by atoms with Crippen LogP contribution in [0.25, 0.3) is 0 Å². The molecule has 2 fully saturated rings. The van der Waals surface area contributed by atoms with Crippen LogP contribution < -0.4 is 0 Å². The van der Waals surface area contributed by atoms with E-state index in [2.05, 4.69) is 0 Å². The van der Waals surface area contributed by atoms with Gasteiger partial charge in [-0.15, -0.1) is 0 Å². The van der Waals surface area contributed by atoms with Crippen LogP contribution in [0, 0.1) is 0 Å². The first-order valence-corrected chi connectivity index (χ1v) is 5.75. The van der Waals surface area contributed by atoms with E-state index in [4.69, 9.17) is 9.47 Å². The molecule has 0 radical (unpaired) electrons. The first kappa shape index (κ1) is 11.1. The van der Waals surface area contributed by atoms with E-state index in [1.54, 1.807) is 6.92 Å². The van der Waals surface area contributed by atoms with E-state index in [1.807, 2.05) is 30.3 Å². The van der Waals surface area contributed by atoms with E-state index in [0.29, 0.717) is 0 Å². The molecule has 0 N–H and O–H groups in total. The Morgan fingerprint density at radius 3 is 2.59 bits per heavy atom. The molecule has 1 aliphatic carbocycles. The number of fused-ring (bicyclic) bond motifs is 1.